The van der Waals surface area contributed by atoms with Gasteiger partial charge in [0.1, 0.15) is 0 Å². The fourth-order valence-corrected chi connectivity index (χ4v) is 7.02. The van der Waals surface area contributed by atoms with Gasteiger partial charge in [0.25, 0.3) is 0 Å². The molecule has 0 N–H and O–H groups in total. The zero-order chi connectivity index (χ0) is 30.0. The maximum absolute atomic E-state index is 13.4. The van der Waals surface area contributed by atoms with Gasteiger partial charge in [-0.3, -0.25) is 29.0 Å². The van der Waals surface area contributed by atoms with Gasteiger partial charge in [-0.1, -0.05) is 70.9 Å². The lowest BCUT2D eigenvalue weighted by Crippen LogP contribution is -2.31. The fraction of sp³-hybridized carbons (Fsp3) is 0.500. The van der Waals surface area contributed by atoms with Crippen molar-refractivity contribution in [1.82, 2.24) is 9.80 Å². The summed E-state index contributed by atoms with van der Waals surface area (Å²) >= 11 is 0. The van der Waals surface area contributed by atoms with Crippen molar-refractivity contribution in [2.75, 3.05) is 0 Å². The van der Waals surface area contributed by atoms with Crippen molar-refractivity contribution in [2.24, 2.45) is 23.7 Å². The number of amides is 4. The van der Waals surface area contributed by atoms with E-state index in [4.69, 9.17) is 0 Å². The summed E-state index contributed by atoms with van der Waals surface area (Å²) in [5.74, 6) is -1.40. The lowest BCUT2D eigenvalue weighted by Gasteiger charge is -2.21. The van der Waals surface area contributed by atoms with Crippen molar-refractivity contribution in [1.29, 1.82) is 0 Å². The summed E-state index contributed by atoms with van der Waals surface area (Å²) in [4.78, 5) is 56.1. The third-order valence-corrected chi connectivity index (χ3v) is 9.30. The van der Waals surface area contributed by atoms with E-state index in [0.29, 0.717) is 25.7 Å². The molecule has 1 aromatic carbocycles. The molecule has 0 spiro atoms. The lowest BCUT2D eigenvalue weighted by molar-refractivity contribution is -0.142. The van der Waals surface area contributed by atoms with Crippen LogP contribution in [0, 0.1) is 23.7 Å². The second-order valence-electron chi connectivity index (χ2n) is 13.0. The summed E-state index contributed by atoms with van der Waals surface area (Å²) in [5, 5.41) is 0. The van der Waals surface area contributed by atoms with E-state index in [0.717, 1.165) is 36.8 Å². The Kier molecular flexibility index (Phi) is 9.10. The monoisotopic (exact) mass is 568 g/mol. The number of hydrogen-bond donors (Lipinski definition) is 0. The van der Waals surface area contributed by atoms with Gasteiger partial charge < -0.3 is 0 Å². The van der Waals surface area contributed by atoms with E-state index in [9.17, 15) is 19.2 Å². The van der Waals surface area contributed by atoms with Crippen molar-refractivity contribution in [3.05, 3.63) is 82.0 Å². The van der Waals surface area contributed by atoms with Crippen LogP contribution in [0.5, 0.6) is 0 Å². The molecule has 6 heteroatoms. The smallest absolute Gasteiger partial charge is 0.233 e. The Morgan fingerprint density at radius 3 is 1.48 bits per heavy atom. The summed E-state index contributed by atoms with van der Waals surface area (Å²) in [5.41, 5.74) is 6.80. The van der Waals surface area contributed by atoms with Crippen LogP contribution in [0.3, 0.4) is 0 Å². The van der Waals surface area contributed by atoms with Crippen molar-refractivity contribution in [3.63, 3.8) is 0 Å². The van der Waals surface area contributed by atoms with Gasteiger partial charge in [-0.05, 0) is 90.2 Å². The number of rotatable bonds is 10. The molecular weight excluding hydrogens is 524 g/mol. The highest BCUT2D eigenvalue weighted by molar-refractivity contribution is 6.06. The van der Waals surface area contributed by atoms with E-state index >= 15 is 0 Å². The average Bonchev–Trinajstić information content (AvgIpc) is 3.32. The Labute approximate surface area is 250 Å². The minimum absolute atomic E-state index is 0.0786. The molecule has 2 aliphatic carbocycles. The fourth-order valence-electron chi connectivity index (χ4n) is 7.02. The van der Waals surface area contributed by atoms with E-state index in [1.54, 1.807) is 0 Å². The number of hydrogen-bond acceptors (Lipinski definition) is 4. The first-order chi connectivity index (χ1) is 20.1. The first kappa shape index (κ1) is 29.9. The van der Waals surface area contributed by atoms with Crippen LogP contribution in [-0.2, 0) is 32.3 Å². The third-order valence-electron chi connectivity index (χ3n) is 9.30. The van der Waals surface area contributed by atoms with Gasteiger partial charge in [0, 0.05) is 0 Å². The van der Waals surface area contributed by atoms with Crippen LogP contribution >= 0.6 is 0 Å². The maximum Gasteiger partial charge on any atom is 0.233 e. The van der Waals surface area contributed by atoms with Gasteiger partial charge in [-0.2, -0.15) is 0 Å². The molecule has 1 aromatic rings. The number of fused-ring (bicyclic) bond motifs is 2. The van der Waals surface area contributed by atoms with Crippen LogP contribution in [0.15, 0.2) is 70.9 Å². The van der Waals surface area contributed by atoms with Crippen LogP contribution in [0.1, 0.15) is 90.2 Å². The highest BCUT2D eigenvalue weighted by Gasteiger charge is 2.49. The van der Waals surface area contributed by atoms with Gasteiger partial charge in [0.2, 0.25) is 23.6 Å². The largest absolute Gasteiger partial charge is 0.278 e. The molecule has 4 unspecified atom stereocenters. The maximum atomic E-state index is 13.4. The highest BCUT2D eigenvalue weighted by Crippen LogP contribution is 2.41. The van der Waals surface area contributed by atoms with E-state index < -0.39 is 0 Å². The SMILES string of the molecule is CC(C)=CCCC1=CCC2C(=O)N(Cc3cccc(CN4C(=O)C5CC=C(CCC=C(C)C)CC5C4=O)c3)C(=O)C2C1. The quantitative estimate of drug-likeness (QED) is 0.229. The first-order valence-electron chi connectivity index (χ1n) is 15.5. The second kappa shape index (κ2) is 12.8. The molecule has 0 saturated carbocycles. The number of imide groups is 2. The highest BCUT2D eigenvalue weighted by atomic mass is 16.2. The van der Waals surface area contributed by atoms with Gasteiger partial charge in [-0.25, -0.2) is 0 Å². The van der Waals surface area contributed by atoms with E-state index in [2.05, 4.69) is 52.0 Å². The molecule has 2 saturated heterocycles. The third kappa shape index (κ3) is 6.43. The molecule has 0 radical (unpaired) electrons. The number of carbonyl (C=O) groups excluding carboxylic acids is 4. The molecular formula is C36H44N2O4. The Morgan fingerprint density at radius 1 is 0.667 bits per heavy atom. The molecule has 42 heavy (non-hydrogen) atoms. The van der Waals surface area contributed by atoms with E-state index in [1.807, 2.05) is 24.3 Å². The minimum atomic E-state index is -0.268. The topological polar surface area (TPSA) is 74.8 Å². The van der Waals surface area contributed by atoms with Gasteiger partial charge >= 0.3 is 0 Å². The predicted octanol–water partition coefficient (Wildman–Crippen LogP) is 6.82. The van der Waals surface area contributed by atoms with Gasteiger partial charge in [0.05, 0.1) is 36.8 Å². The van der Waals surface area contributed by atoms with Crippen molar-refractivity contribution in [2.45, 2.75) is 92.2 Å². The molecule has 5 rings (SSSR count). The molecule has 222 valence electrons. The molecule has 2 fully saturated rings. The van der Waals surface area contributed by atoms with E-state index in [-0.39, 0.29) is 60.4 Å². The van der Waals surface area contributed by atoms with Crippen LogP contribution in [-0.4, -0.2) is 33.4 Å². The van der Waals surface area contributed by atoms with Gasteiger partial charge in [-0.15, -0.1) is 0 Å². The van der Waals surface area contributed by atoms with Crippen LogP contribution in [0.2, 0.25) is 0 Å². The molecule has 4 amide bonds. The molecule has 6 nitrogen and oxygen atoms in total. The normalized spacial score (nSPS) is 25.2. The number of allylic oxidation sites excluding steroid dienone is 8. The Bertz CT molecular complexity index is 1290. The predicted molar refractivity (Wildman–Crippen MR) is 163 cm³/mol. The zero-order valence-corrected chi connectivity index (χ0v) is 25.5. The van der Waals surface area contributed by atoms with Crippen molar-refractivity contribution >= 4 is 23.6 Å². The molecule has 4 atom stereocenters. The number of benzene rings is 1. The summed E-state index contributed by atoms with van der Waals surface area (Å²) in [6.45, 7) is 8.80. The van der Waals surface area contributed by atoms with Crippen molar-refractivity contribution < 1.29 is 19.2 Å². The number of carbonyl (C=O) groups is 4. The average molecular weight is 569 g/mol. The molecule has 2 heterocycles. The lowest BCUT2D eigenvalue weighted by atomic mass is 9.80. The summed E-state index contributed by atoms with van der Waals surface area (Å²) in [6, 6.07) is 7.63. The minimum Gasteiger partial charge on any atom is -0.278 e. The summed E-state index contributed by atoms with van der Waals surface area (Å²) in [7, 11) is 0. The molecule has 2 aliphatic heterocycles. The van der Waals surface area contributed by atoms with Crippen LogP contribution < -0.4 is 0 Å². The molecule has 0 aromatic heterocycles. The molecule has 4 aliphatic rings. The summed E-state index contributed by atoms with van der Waals surface area (Å²) in [6.07, 6.45) is 15.1. The Balaban J connectivity index is 1.20. The van der Waals surface area contributed by atoms with Crippen molar-refractivity contribution in [3.8, 4) is 0 Å². The Hall–Kier alpha value is -3.54. The zero-order valence-electron chi connectivity index (χ0n) is 25.5. The first-order valence-corrected chi connectivity index (χ1v) is 15.5. The van der Waals surface area contributed by atoms with Crippen LogP contribution in [0.25, 0.3) is 0 Å². The Morgan fingerprint density at radius 2 is 1.07 bits per heavy atom. The number of nitrogens with zero attached hydrogens (tertiary/aromatic N) is 2. The standard InChI is InChI=1S/C36H44N2O4/c1-23(2)8-5-10-25-14-16-29-31(19-25)35(41)37(33(29)39)21-27-12-7-13-28(18-27)22-38-34(40)30-17-15-26(11-6-9-24(3)4)20-32(30)36(38)42/h7-9,12-15,18,29-32H,5-6,10-11,16-17,19-22H2,1-4H3. The second-order valence-corrected chi connectivity index (χ2v) is 13.0. The molecule has 0 bridgehead atoms. The summed E-state index contributed by atoms with van der Waals surface area (Å²) < 4.78 is 0. The van der Waals surface area contributed by atoms with Gasteiger partial charge in [0.15, 0.2) is 0 Å². The van der Waals surface area contributed by atoms with E-state index in [1.165, 1.54) is 32.1 Å². The number of likely N-dealkylation sites (tertiary alicyclic amines) is 2. The van der Waals surface area contributed by atoms with Crippen LogP contribution in [0.4, 0.5) is 0 Å².